The van der Waals surface area contributed by atoms with Crippen LogP contribution in [0.3, 0.4) is 0 Å². The lowest BCUT2D eigenvalue weighted by molar-refractivity contribution is 0.590. The van der Waals surface area contributed by atoms with E-state index in [9.17, 15) is 13.2 Å². The molecule has 12 heavy (non-hydrogen) atoms. The molecule has 0 amide bonds. The van der Waals surface area contributed by atoms with Gasteiger partial charge in [-0.1, -0.05) is 0 Å². The second-order valence-corrected chi connectivity index (χ2v) is 4.05. The summed E-state index contributed by atoms with van der Waals surface area (Å²) in [6.07, 6.45) is 1.98. The zero-order valence-corrected chi connectivity index (χ0v) is 7.08. The number of nitrogens with two attached hydrogens (primary N) is 1. The van der Waals surface area contributed by atoms with Gasteiger partial charge in [-0.05, 0) is 6.07 Å². The summed E-state index contributed by atoms with van der Waals surface area (Å²) in [5, 5.41) is 0. The van der Waals surface area contributed by atoms with Crippen LogP contribution in [0.4, 0.5) is 5.82 Å². The summed E-state index contributed by atoms with van der Waals surface area (Å²) in [4.78, 5) is 14.1. The predicted octanol–water partition coefficient (Wildman–Crippen LogP) is -1.37. The van der Waals surface area contributed by atoms with Gasteiger partial charge >= 0.3 is 5.69 Å². The maximum atomic E-state index is 10.9. The molecule has 6 nitrogen and oxygen atoms in total. The van der Waals surface area contributed by atoms with Crippen LogP contribution in [0.1, 0.15) is 0 Å². The van der Waals surface area contributed by atoms with Gasteiger partial charge in [-0.3, -0.25) is 0 Å². The summed E-state index contributed by atoms with van der Waals surface area (Å²) in [6.45, 7) is 0. The van der Waals surface area contributed by atoms with Crippen LogP contribution in [0.25, 0.3) is 0 Å². The molecule has 0 aliphatic heterocycles. The highest BCUT2D eigenvalue weighted by Gasteiger charge is 2.07. The fourth-order valence-electron chi connectivity index (χ4n) is 0.657. The Labute approximate surface area is 68.7 Å². The van der Waals surface area contributed by atoms with Crippen LogP contribution in [0.2, 0.25) is 0 Å². The van der Waals surface area contributed by atoms with E-state index < -0.39 is 15.7 Å². The van der Waals surface area contributed by atoms with Crippen LogP contribution in [0.15, 0.2) is 17.1 Å². The van der Waals surface area contributed by atoms with Crippen LogP contribution in [0.5, 0.6) is 0 Å². The average molecular weight is 189 g/mol. The number of rotatable bonds is 1. The van der Waals surface area contributed by atoms with Crippen LogP contribution < -0.4 is 11.4 Å². The Morgan fingerprint density at radius 3 is 2.58 bits per heavy atom. The van der Waals surface area contributed by atoms with E-state index in [0.717, 1.165) is 12.5 Å². The fraction of sp³-hybridized carbons (Fsp3) is 0.200. The first-order valence-electron chi connectivity index (χ1n) is 2.97. The van der Waals surface area contributed by atoms with Crippen LogP contribution in [-0.2, 0) is 10.0 Å². The van der Waals surface area contributed by atoms with E-state index in [1.54, 1.807) is 0 Å². The van der Waals surface area contributed by atoms with E-state index in [4.69, 9.17) is 5.73 Å². The van der Waals surface area contributed by atoms with Gasteiger partial charge in [-0.15, -0.1) is 0 Å². The maximum absolute atomic E-state index is 10.9. The van der Waals surface area contributed by atoms with Gasteiger partial charge in [0, 0.05) is 6.20 Å². The molecule has 0 aliphatic rings. The highest BCUT2D eigenvalue weighted by Crippen LogP contribution is 1.91. The van der Waals surface area contributed by atoms with Crippen molar-refractivity contribution in [2.75, 3.05) is 12.0 Å². The molecule has 0 aliphatic carbocycles. The third kappa shape index (κ3) is 1.62. The number of nitrogen functional groups attached to an aromatic ring is 1. The number of hydrogen-bond acceptors (Lipinski definition) is 5. The van der Waals surface area contributed by atoms with Gasteiger partial charge in [0.1, 0.15) is 5.82 Å². The molecule has 0 aromatic carbocycles. The monoisotopic (exact) mass is 189 g/mol. The molecule has 0 bridgehead atoms. The topological polar surface area (TPSA) is 95.1 Å². The minimum absolute atomic E-state index is 0.0000926. The molecule has 0 saturated heterocycles. The Morgan fingerprint density at radius 2 is 2.17 bits per heavy atom. The minimum atomic E-state index is -3.56. The Hall–Kier alpha value is -1.37. The predicted molar refractivity (Wildman–Crippen MR) is 43.2 cm³/mol. The normalized spacial score (nSPS) is 11.4. The molecule has 0 unspecified atom stereocenters. The standard InChI is InChI=1S/C5H7N3O3S/c1-12(10,11)8-3-2-4(6)7-5(8)9/h2-3H,1H3,(H2,6,7,9). The molecule has 0 fully saturated rings. The molecule has 66 valence electrons. The van der Waals surface area contributed by atoms with E-state index in [2.05, 4.69) is 4.98 Å². The second-order valence-electron chi connectivity index (χ2n) is 2.19. The van der Waals surface area contributed by atoms with Crippen LogP contribution in [0, 0.1) is 0 Å². The van der Waals surface area contributed by atoms with Crippen molar-refractivity contribution < 1.29 is 8.42 Å². The molecule has 2 N–H and O–H groups in total. The molecule has 1 rings (SSSR count). The van der Waals surface area contributed by atoms with E-state index in [-0.39, 0.29) is 5.82 Å². The third-order valence-corrected chi connectivity index (χ3v) is 2.14. The molecular formula is C5H7N3O3S. The van der Waals surface area contributed by atoms with Crippen molar-refractivity contribution in [2.45, 2.75) is 0 Å². The first kappa shape index (κ1) is 8.72. The molecule has 0 radical (unpaired) electrons. The lowest BCUT2D eigenvalue weighted by Crippen LogP contribution is -2.28. The minimum Gasteiger partial charge on any atom is -0.383 e. The molecule has 1 aromatic heterocycles. The average Bonchev–Trinajstić information content (AvgIpc) is 1.83. The SMILES string of the molecule is CS(=O)(=O)n1ccc(N)nc1=O. The molecule has 7 heteroatoms. The molecule has 0 atom stereocenters. The van der Waals surface area contributed by atoms with Crippen molar-refractivity contribution in [3.63, 3.8) is 0 Å². The Kier molecular flexibility index (Phi) is 1.89. The van der Waals surface area contributed by atoms with Gasteiger partial charge in [-0.2, -0.15) is 8.96 Å². The van der Waals surface area contributed by atoms with Gasteiger partial charge in [0.25, 0.3) is 0 Å². The van der Waals surface area contributed by atoms with Crippen molar-refractivity contribution in [1.29, 1.82) is 0 Å². The summed E-state index contributed by atoms with van der Waals surface area (Å²) in [5.41, 5.74) is 4.26. The number of nitrogens with zero attached hydrogens (tertiary/aromatic N) is 2. The second kappa shape index (κ2) is 2.59. The first-order chi connectivity index (χ1) is 5.41. The number of hydrogen-bond donors (Lipinski definition) is 1. The Morgan fingerprint density at radius 1 is 1.58 bits per heavy atom. The maximum Gasteiger partial charge on any atom is 0.363 e. The number of anilines is 1. The molecule has 1 aromatic rings. The fourth-order valence-corrected chi connectivity index (χ4v) is 1.26. The van der Waals surface area contributed by atoms with Gasteiger partial charge in [0.05, 0.1) is 6.26 Å². The molecule has 0 spiro atoms. The smallest absolute Gasteiger partial charge is 0.363 e. The van der Waals surface area contributed by atoms with Crippen molar-refractivity contribution in [1.82, 2.24) is 8.96 Å². The zero-order chi connectivity index (χ0) is 9.35. The summed E-state index contributed by atoms with van der Waals surface area (Å²) < 4.78 is 22.2. The van der Waals surface area contributed by atoms with E-state index >= 15 is 0 Å². The van der Waals surface area contributed by atoms with Crippen molar-refractivity contribution in [3.8, 4) is 0 Å². The summed E-state index contributed by atoms with van der Waals surface area (Å²) in [7, 11) is -3.56. The molecule has 0 saturated carbocycles. The third-order valence-electron chi connectivity index (χ3n) is 1.15. The quantitative estimate of drug-likeness (QED) is 0.588. The van der Waals surface area contributed by atoms with Gasteiger partial charge in [-0.25, -0.2) is 13.2 Å². The van der Waals surface area contributed by atoms with Crippen LogP contribution in [-0.4, -0.2) is 23.6 Å². The summed E-state index contributed by atoms with van der Waals surface area (Å²) in [5.74, 6) is -0.0000926. The van der Waals surface area contributed by atoms with Crippen molar-refractivity contribution in [2.24, 2.45) is 0 Å². The highest BCUT2D eigenvalue weighted by atomic mass is 32.2. The number of aromatic nitrogens is 2. The van der Waals surface area contributed by atoms with Gasteiger partial charge < -0.3 is 5.73 Å². The van der Waals surface area contributed by atoms with E-state index in [1.165, 1.54) is 6.07 Å². The van der Waals surface area contributed by atoms with Crippen molar-refractivity contribution in [3.05, 3.63) is 22.7 Å². The van der Waals surface area contributed by atoms with Gasteiger partial charge in [0.15, 0.2) is 0 Å². The molecule has 1 heterocycles. The Balaban J connectivity index is 3.50. The lowest BCUT2D eigenvalue weighted by Gasteiger charge is -1.99. The van der Waals surface area contributed by atoms with Crippen LogP contribution >= 0.6 is 0 Å². The highest BCUT2D eigenvalue weighted by molar-refractivity contribution is 7.89. The van der Waals surface area contributed by atoms with E-state index in [0.29, 0.717) is 3.97 Å². The zero-order valence-electron chi connectivity index (χ0n) is 6.26. The lowest BCUT2D eigenvalue weighted by atomic mass is 10.6. The summed E-state index contributed by atoms with van der Waals surface area (Å²) >= 11 is 0. The van der Waals surface area contributed by atoms with Crippen molar-refractivity contribution >= 4 is 15.8 Å². The largest absolute Gasteiger partial charge is 0.383 e. The van der Waals surface area contributed by atoms with Gasteiger partial charge in [0.2, 0.25) is 10.0 Å². The first-order valence-corrected chi connectivity index (χ1v) is 4.82. The Bertz CT molecular complexity index is 447. The summed E-state index contributed by atoms with van der Waals surface area (Å²) in [6, 6.07) is 1.24. The van der Waals surface area contributed by atoms with E-state index in [1.807, 2.05) is 0 Å². The molecular weight excluding hydrogens is 182 g/mol.